The second kappa shape index (κ2) is 10.1. The van der Waals surface area contributed by atoms with Crippen molar-refractivity contribution in [2.24, 2.45) is 0 Å². The number of carbonyl (C=O) groups is 1. The van der Waals surface area contributed by atoms with Crippen LogP contribution in [0, 0.1) is 6.92 Å². The minimum absolute atomic E-state index is 0.0683. The van der Waals surface area contributed by atoms with Crippen molar-refractivity contribution in [3.8, 4) is 0 Å². The molecule has 1 aromatic heterocycles. The molecule has 0 aliphatic carbocycles. The van der Waals surface area contributed by atoms with Gasteiger partial charge >= 0.3 is 0 Å². The van der Waals surface area contributed by atoms with E-state index < -0.39 is 0 Å². The van der Waals surface area contributed by atoms with Crippen molar-refractivity contribution in [1.29, 1.82) is 0 Å². The first-order chi connectivity index (χ1) is 15.5. The summed E-state index contributed by atoms with van der Waals surface area (Å²) in [4.78, 5) is 18.1. The maximum absolute atomic E-state index is 12.6. The highest BCUT2D eigenvalue weighted by molar-refractivity contribution is 8.00. The van der Waals surface area contributed by atoms with Crippen LogP contribution < -0.4 is 16.0 Å². The van der Waals surface area contributed by atoms with Gasteiger partial charge < -0.3 is 16.0 Å². The van der Waals surface area contributed by atoms with Crippen LogP contribution in [0.5, 0.6) is 0 Å². The lowest BCUT2D eigenvalue weighted by Gasteiger charge is -2.12. The fraction of sp³-hybridized carbons (Fsp3) is 0.125. The lowest BCUT2D eigenvalue weighted by molar-refractivity contribution is -0.115. The van der Waals surface area contributed by atoms with E-state index in [1.54, 1.807) is 0 Å². The molecule has 0 saturated heterocycles. The fourth-order valence-corrected chi connectivity index (χ4v) is 5.05. The number of nitrogens with zero attached hydrogens (tertiary/aromatic N) is 1. The Labute approximate surface area is 200 Å². The summed E-state index contributed by atoms with van der Waals surface area (Å²) in [5, 5.41) is 10.1. The van der Waals surface area contributed by atoms with Gasteiger partial charge in [0.05, 0.1) is 15.5 Å². The summed E-state index contributed by atoms with van der Waals surface area (Å²) in [6.45, 7) is 3.94. The number of thiazole rings is 1. The van der Waals surface area contributed by atoms with E-state index in [2.05, 4.69) is 27.0 Å². The molecule has 0 saturated carbocycles. The van der Waals surface area contributed by atoms with Crippen LogP contribution >= 0.6 is 35.3 Å². The molecule has 8 heteroatoms. The number of amides is 1. The summed E-state index contributed by atoms with van der Waals surface area (Å²) in [5.41, 5.74) is 3.89. The molecule has 1 heterocycles. The third-order valence-electron chi connectivity index (χ3n) is 4.60. The highest BCUT2D eigenvalue weighted by Crippen LogP contribution is 2.29. The van der Waals surface area contributed by atoms with Gasteiger partial charge in [-0.2, -0.15) is 0 Å². The topological polar surface area (TPSA) is 66.0 Å². The summed E-state index contributed by atoms with van der Waals surface area (Å²) in [6.07, 6.45) is 0. The number of aryl methyl sites for hydroxylation is 1. The standard InChI is InChI=1S/C24H22N4OS3/c1-15-8-13-20-21(14-15)32-24(27-20)28-22(29)16(2)31-19-11-9-18(10-12-19)26-23(30)25-17-6-4-3-5-7-17/h3-14,16H,1-2H3,(H2,25,26,30)(H,27,28,29). The van der Waals surface area contributed by atoms with Gasteiger partial charge in [0.15, 0.2) is 10.2 Å². The van der Waals surface area contributed by atoms with Crippen LogP contribution in [0.3, 0.4) is 0 Å². The molecule has 3 N–H and O–H groups in total. The SMILES string of the molecule is Cc1ccc2nc(NC(=O)C(C)Sc3ccc(NC(=S)Nc4ccccc4)cc3)sc2c1. The largest absolute Gasteiger partial charge is 0.332 e. The number of thiocarbonyl (C=S) groups is 1. The van der Waals surface area contributed by atoms with Crippen LogP contribution in [-0.4, -0.2) is 21.3 Å². The zero-order valence-electron chi connectivity index (χ0n) is 17.6. The third-order valence-corrected chi connectivity index (χ3v) is 6.85. The predicted octanol–water partition coefficient (Wildman–Crippen LogP) is 6.53. The highest BCUT2D eigenvalue weighted by Gasteiger charge is 2.16. The Morgan fingerprint density at radius 2 is 1.66 bits per heavy atom. The molecule has 0 aliphatic heterocycles. The molecule has 0 bridgehead atoms. The molecule has 1 amide bonds. The van der Waals surface area contributed by atoms with E-state index in [0.717, 1.165) is 26.5 Å². The maximum Gasteiger partial charge on any atom is 0.239 e. The molecule has 0 radical (unpaired) electrons. The number of rotatable bonds is 6. The first-order valence-corrected chi connectivity index (χ1v) is 12.1. The lowest BCUT2D eigenvalue weighted by Crippen LogP contribution is -2.22. The number of para-hydroxylation sites is 1. The van der Waals surface area contributed by atoms with Crippen molar-refractivity contribution >= 4 is 73.1 Å². The highest BCUT2D eigenvalue weighted by atomic mass is 32.2. The molecule has 0 spiro atoms. The molecule has 1 atom stereocenters. The van der Waals surface area contributed by atoms with E-state index in [0.29, 0.717) is 10.2 Å². The first kappa shape index (κ1) is 22.3. The van der Waals surface area contributed by atoms with Crippen LogP contribution in [-0.2, 0) is 4.79 Å². The van der Waals surface area contributed by atoms with Crippen molar-refractivity contribution in [3.63, 3.8) is 0 Å². The van der Waals surface area contributed by atoms with E-state index in [1.807, 2.05) is 80.6 Å². The Morgan fingerprint density at radius 3 is 2.38 bits per heavy atom. The Hall–Kier alpha value is -2.94. The normalized spacial score (nSPS) is 11.7. The number of carbonyl (C=O) groups excluding carboxylic acids is 1. The van der Waals surface area contributed by atoms with E-state index in [9.17, 15) is 4.79 Å². The Balaban J connectivity index is 1.31. The number of thioether (sulfide) groups is 1. The average Bonchev–Trinajstić information content (AvgIpc) is 3.17. The summed E-state index contributed by atoms with van der Waals surface area (Å²) in [6, 6.07) is 23.7. The molecule has 0 fully saturated rings. The molecule has 0 aliphatic rings. The second-order valence-corrected chi connectivity index (χ2v) is 10.1. The molecule has 162 valence electrons. The number of nitrogens with one attached hydrogen (secondary N) is 3. The van der Waals surface area contributed by atoms with Crippen molar-refractivity contribution in [3.05, 3.63) is 78.4 Å². The molecular weight excluding hydrogens is 456 g/mol. The number of benzene rings is 3. The zero-order valence-corrected chi connectivity index (χ0v) is 20.0. The molecule has 4 aromatic rings. The maximum atomic E-state index is 12.6. The molecule has 5 nitrogen and oxygen atoms in total. The first-order valence-electron chi connectivity index (χ1n) is 10.0. The van der Waals surface area contributed by atoms with Gasteiger partial charge in [-0.3, -0.25) is 4.79 Å². The van der Waals surface area contributed by atoms with Crippen LogP contribution in [0.2, 0.25) is 0 Å². The molecule has 1 unspecified atom stereocenters. The minimum Gasteiger partial charge on any atom is -0.332 e. The smallest absolute Gasteiger partial charge is 0.239 e. The van der Waals surface area contributed by atoms with E-state index in [4.69, 9.17) is 12.2 Å². The van der Waals surface area contributed by atoms with E-state index >= 15 is 0 Å². The number of hydrogen-bond acceptors (Lipinski definition) is 5. The van der Waals surface area contributed by atoms with Gasteiger partial charge in [0.1, 0.15) is 0 Å². The summed E-state index contributed by atoms with van der Waals surface area (Å²) < 4.78 is 1.07. The summed E-state index contributed by atoms with van der Waals surface area (Å²) >= 11 is 8.35. The summed E-state index contributed by atoms with van der Waals surface area (Å²) in [7, 11) is 0. The van der Waals surface area contributed by atoms with Crippen molar-refractivity contribution in [2.45, 2.75) is 24.0 Å². The van der Waals surface area contributed by atoms with Crippen LogP contribution in [0.15, 0.2) is 77.7 Å². The van der Waals surface area contributed by atoms with Crippen LogP contribution in [0.4, 0.5) is 16.5 Å². The Morgan fingerprint density at radius 1 is 0.969 bits per heavy atom. The predicted molar refractivity (Wildman–Crippen MR) is 141 cm³/mol. The zero-order chi connectivity index (χ0) is 22.5. The van der Waals surface area contributed by atoms with Gasteiger partial charge in [0, 0.05) is 16.3 Å². The van der Waals surface area contributed by atoms with Gasteiger partial charge in [-0.15, -0.1) is 11.8 Å². The Kier molecular flexibility index (Phi) is 7.04. The van der Waals surface area contributed by atoms with Gasteiger partial charge in [0.25, 0.3) is 0 Å². The van der Waals surface area contributed by atoms with Crippen molar-refractivity contribution in [2.75, 3.05) is 16.0 Å². The van der Waals surface area contributed by atoms with Crippen LogP contribution in [0.1, 0.15) is 12.5 Å². The number of anilines is 3. The van der Waals surface area contributed by atoms with E-state index in [1.165, 1.54) is 28.7 Å². The average molecular weight is 479 g/mol. The van der Waals surface area contributed by atoms with Gasteiger partial charge in [-0.1, -0.05) is 35.6 Å². The number of hydrogen-bond donors (Lipinski definition) is 3. The second-order valence-electron chi connectivity index (χ2n) is 7.21. The monoisotopic (exact) mass is 478 g/mol. The quantitative estimate of drug-likeness (QED) is 0.216. The molecule has 3 aromatic carbocycles. The van der Waals surface area contributed by atoms with Crippen molar-refractivity contribution < 1.29 is 4.79 Å². The number of aromatic nitrogens is 1. The third kappa shape index (κ3) is 5.85. The van der Waals surface area contributed by atoms with Crippen molar-refractivity contribution in [1.82, 2.24) is 4.98 Å². The van der Waals surface area contributed by atoms with Gasteiger partial charge in [0.2, 0.25) is 5.91 Å². The van der Waals surface area contributed by atoms with Gasteiger partial charge in [-0.25, -0.2) is 4.98 Å². The van der Waals surface area contributed by atoms with Crippen LogP contribution in [0.25, 0.3) is 10.2 Å². The molecule has 32 heavy (non-hydrogen) atoms. The Bertz CT molecular complexity index is 1240. The lowest BCUT2D eigenvalue weighted by atomic mass is 10.2. The van der Waals surface area contributed by atoms with Gasteiger partial charge in [-0.05, 0) is 80.2 Å². The minimum atomic E-state index is -0.261. The van der Waals surface area contributed by atoms with E-state index in [-0.39, 0.29) is 11.2 Å². The molecular formula is C24H22N4OS3. The summed E-state index contributed by atoms with van der Waals surface area (Å²) in [5.74, 6) is -0.0683. The number of fused-ring (bicyclic) bond motifs is 1. The molecule has 4 rings (SSSR count). The fourth-order valence-electron chi connectivity index (χ4n) is 2.98.